The van der Waals surface area contributed by atoms with E-state index < -0.39 is 0 Å². The summed E-state index contributed by atoms with van der Waals surface area (Å²) in [7, 11) is 0. The molecule has 65 heavy (non-hydrogen) atoms. The number of hydrogen-bond acceptors (Lipinski definition) is 7. The van der Waals surface area contributed by atoms with Crippen LogP contribution in [0.3, 0.4) is 0 Å². The van der Waals surface area contributed by atoms with Gasteiger partial charge in [-0.2, -0.15) is 0 Å². The van der Waals surface area contributed by atoms with E-state index in [4.69, 9.17) is 33.2 Å². The van der Waals surface area contributed by atoms with E-state index in [2.05, 4.69) is 41.5 Å². The highest BCUT2D eigenvalue weighted by Gasteiger charge is 2.14. The van der Waals surface area contributed by atoms with Crippen LogP contribution in [-0.2, 0) is 33.2 Å². The minimum absolute atomic E-state index is 0.128. The highest BCUT2D eigenvalue weighted by atomic mass is 16.7. The minimum atomic E-state index is 0.128. The van der Waals surface area contributed by atoms with Crippen LogP contribution in [0.5, 0.6) is 0 Å². The fourth-order valence-corrected chi connectivity index (χ4v) is 8.21. The first-order valence-corrected chi connectivity index (χ1v) is 28.9. The molecule has 0 aromatic heterocycles. The van der Waals surface area contributed by atoms with E-state index in [1.807, 2.05) is 0 Å². The predicted octanol–water partition coefficient (Wildman–Crippen LogP) is 19.2. The van der Waals surface area contributed by atoms with Crippen molar-refractivity contribution in [3.63, 3.8) is 0 Å². The van der Waals surface area contributed by atoms with Crippen LogP contribution >= 0.6 is 0 Å². The van der Waals surface area contributed by atoms with E-state index in [0.717, 1.165) is 87.6 Å². The first-order valence-electron chi connectivity index (χ1n) is 28.9. The fraction of sp³-hybridized carbons (Fsp3) is 0.931. The molecule has 0 aromatic rings. The van der Waals surface area contributed by atoms with Crippen molar-refractivity contribution in [2.24, 2.45) is 0 Å². The van der Waals surface area contributed by atoms with E-state index in [-0.39, 0.29) is 13.6 Å². The van der Waals surface area contributed by atoms with Crippen LogP contribution < -0.4 is 0 Å². The van der Waals surface area contributed by atoms with Gasteiger partial charge in [0.1, 0.15) is 38.3 Å². The lowest BCUT2D eigenvalue weighted by atomic mass is 10.1. The van der Waals surface area contributed by atoms with Gasteiger partial charge in [-0.05, 0) is 38.5 Å². The fourth-order valence-electron chi connectivity index (χ4n) is 8.21. The topological polar surface area (TPSA) is 64.6 Å². The molecule has 0 unspecified atom stereocenters. The molecule has 0 aliphatic heterocycles. The van der Waals surface area contributed by atoms with E-state index in [0.29, 0.717) is 26.4 Å². The van der Waals surface area contributed by atoms with E-state index in [9.17, 15) is 0 Å². The second-order valence-corrected chi connectivity index (χ2v) is 19.0. The average Bonchev–Trinajstić information content (AvgIpc) is 3.31. The molecule has 0 fully saturated rings. The van der Waals surface area contributed by atoms with Crippen molar-refractivity contribution in [2.75, 3.05) is 53.2 Å². The average molecular weight is 924 g/mol. The summed E-state index contributed by atoms with van der Waals surface area (Å²) < 4.78 is 44.4. The Morgan fingerprint density at radius 2 is 0.431 bits per heavy atom. The molecule has 0 saturated carbocycles. The molecule has 0 aliphatic carbocycles. The van der Waals surface area contributed by atoms with Crippen molar-refractivity contribution in [3.05, 3.63) is 23.0 Å². The molecule has 0 rings (SSSR count). The van der Waals surface area contributed by atoms with Gasteiger partial charge in [0.15, 0.2) is 11.5 Å². The maximum atomic E-state index is 6.55. The molecule has 0 radical (unpaired) electrons. The van der Waals surface area contributed by atoms with Crippen LogP contribution in [0.2, 0.25) is 0 Å². The third-order valence-electron chi connectivity index (χ3n) is 12.5. The van der Waals surface area contributed by atoms with Crippen molar-refractivity contribution < 1.29 is 33.2 Å². The highest BCUT2D eigenvalue weighted by molar-refractivity contribution is 5.03. The van der Waals surface area contributed by atoms with Crippen LogP contribution in [0, 0.1) is 0 Å². The summed E-state index contributed by atoms with van der Waals surface area (Å²) in [6, 6.07) is 0. The maximum Gasteiger partial charge on any atom is 0.159 e. The van der Waals surface area contributed by atoms with Crippen molar-refractivity contribution in [1.29, 1.82) is 0 Å². The van der Waals surface area contributed by atoms with Gasteiger partial charge in [-0.3, -0.25) is 0 Å². The summed E-state index contributed by atoms with van der Waals surface area (Å²) in [5.74, 6) is 3.67. The van der Waals surface area contributed by atoms with Gasteiger partial charge < -0.3 is 33.2 Å². The molecule has 0 saturated heterocycles. The Kier molecular flexibility index (Phi) is 53.9. The van der Waals surface area contributed by atoms with Crippen LogP contribution in [-0.4, -0.2) is 53.2 Å². The molecule has 0 aliphatic rings. The van der Waals surface area contributed by atoms with Crippen LogP contribution in [0.15, 0.2) is 23.0 Å². The van der Waals surface area contributed by atoms with Gasteiger partial charge in [0, 0.05) is 12.8 Å². The Morgan fingerprint density at radius 3 is 0.692 bits per heavy atom. The van der Waals surface area contributed by atoms with Crippen molar-refractivity contribution >= 4 is 0 Å². The molecule has 0 atom stereocenters. The number of allylic oxidation sites excluding steroid dienone is 2. The zero-order valence-electron chi connectivity index (χ0n) is 44.8. The van der Waals surface area contributed by atoms with Crippen LogP contribution in [0.1, 0.15) is 298 Å². The quantitative estimate of drug-likeness (QED) is 0.0342. The number of rotatable bonds is 56. The van der Waals surface area contributed by atoms with Gasteiger partial charge in [0.05, 0.1) is 26.4 Å². The molecule has 7 heteroatoms. The SMILES string of the molecule is CCCCCCCCCCCC(OCCCCCCC)=C(COCOCOCC(OCCCCCCC)=C(CCCCCCCCCCC)OCCCCCCC)OCCCCCCC. The van der Waals surface area contributed by atoms with E-state index in [1.165, 1.54) is 205 Å². The Balaban J connectivity index is 5.63. The normalized spacial score (nSPS) is 12.4. The van der Waals surface area contributed by atoms with Crippen molar-refractivity contribution in [3.8, 4) is 0 Å². The minimum Gasteiger partial charge on any atom is -0.494 e. The molecule has 0 spiro atoms. The van der Waals surface area contributed by atoms with Crippen molar-refractivity contribution in [2.45, 2.75) is 298 Å². The lowest BCUT2D eigenvalue weighted by Crippen LogP contribution is -2.14. The largest absolute Gasteiger partial charge is 0.494 e. The summed E-state index contributed by atoms with van der Waals surface area (Å²) in [5.41, 5.74) is 0. The molecular formula is C58H114O7. The zero-order chi connectivity index (χ0) is 47.2. The third kappa shape index (κ3) is 46.1. The molecular weight excluding hydrogens is 809 g/mol. The monoisotopic (exact) mass is 923 g/mol. The zero-order valence-corrected chi connectivity index (χ0v) is 44.8. The van der Waals surface area contributed by atoms with E-state index >= 15 is 0 Å². The van der Waals surface area contributed by atoms with Gasteiger partial charge in [-0.25, -0.2) is 0 Å². The Morgan fingerprint density at radius 1 is 0.215 bits per heavy atom. The summed E-state index contributed by atoms with van der Waals surface area (Å²) >= 11 is 0. The Hall–Kier alpha value is -1.44. The lowest BCUT2D eigenvalue weighted by molar-refractivity contribution is -0.132. The van der Waals surface area contributed by atoms with Gasteiger partial charge in [0.2, 0.25) is 0 Å². The second kappa shape index (κ2) is 55.2. The standard InChI is InChI=1S/C58H114O7/c1-7-13-19-25-27-29-31-33-39-45-55(62-47-41-35-21-15-9-3)57(64-49-43-37-23-17-11-5)51-59-53-61-54-60-52-58(65-50-44-38-24-18-12-6)56(63-48-42-36-22-16-10-4)46-40-34-32-30-28-26-20-14-8-2/h7-54H2,1-6H3. The Bertz CT molecular complexity index is 905. The van der Waals surface area contributed by atoms with Gasteiger partial charge in [-0.1, -0.05) is 247 Å². The van der Waals surface area contributed by atoms with E-state index in [1.54, 1.807) is 0 Å². The number of hydrogen-bond donors (Lipinski definition) is 0. The van der Waals surface area contributed by atoms with Gasteiger partial charge >= 0.3 is 0 Å². The summed E-state index contributed by atoms with van der Waals surface area (Å²) in [4.78, 5) is 0. The third-order valence-corrected chi connectivity index (χ3v) is 12.5. The lowest BCUT2D eigenvalue weighted by Gasteiger charge is -2.19. The molecule has 0 N–H and O–H groups in total. The summed E-state index contributed by atoms with van der Waals surface area (Å²) in [6.45, 7) is 17.5. The second-order valence-electron chi connectivity index (χ2n) is 19.0. The molecule has 0 amide bonds. The van der Waals surface area contributed by atoms with Crippen molar-refractivity contribution in [1.82, 2.24) is 0 Å². The highest BCUT2D eigenvalue weighted by Crippen LogP contribution is 2.22. The first-order chi connectivity index (χ1) is 32.2. The molecule has 0 heterocycles. The molecule has 7 nitrogen and oxygen atoms in total. The maximum absolute atomic E-state index is 6.55. The smallest absolute Gasteiger partial charge is 0.159 e. The van der Waals surface area contributed by atoms with Gasteiger partial charge in [0.25, 0.3) is 0 Å². The first kappa shape index (κ1) is 63.6. The van der Waals surface area contributed by atoms with Gasteiger partial charge in [-0.15, -0.1) is 0 Å². The van der Waals surface area contributed by atoms with Crippen LogP contribution in [0.4, 0.5) is 0 Å². The number of ether oxygens (including phenoxy) is 7. The molecule has 0 bridgehead atoms. The number of unbranched alkanes of at least 4 members (excludes halogenated alkanes) is 32. The molecule has 388 valence electrons. The molecule has 0 aromatic carbocycles. The summed E-state index contributed by atoms with van der Waals surface area (Å²) in [5, 5.41) is 0. The predicted molar refractivity (Wildman–Crippen MR) is 279 cm³/mol. The van der Waals surface area contributed by atoms with Crippen LogP contribution in [0.25, 0.3) is 0 Å². The summed E-state index contributed by atoms with van der Waals surface area (Å²) in [6.07, 6.45) is 49.6. The Labute approximate surface area is 406 Å².